The molecule has 2 aromatic rings. The number of carbonyl (C=O) groups is 1. The van der Waals surface area contributed by atoms with Crippen LogP contribution in [0.3, 0.4) is 0 Å². The molecule has 1 aromatic heterocycles. The van der Waals surface area contributed by atoms with Crippen molar-refractivity contribution in [3.63, 3.8) is 0 Å². The Bertz CT molecular complexity index is 671. The summed E-state index contributed by atoms with van der Waals surface area (Å²) in [6, 6.07) is 9.65. The number of ether oxygens (including phenoxy) is 1. The molecule has 1 aliphatic rings. The Morgan fingerprint density at radius 3 is 2.83 bits per heavy atom. The van der Waals surface area contributed by atoms with Gasteiger partial charge in [-0.3, -0.25) is 4.79 Å². The highest BCUT2D eigenvalue weighted by Crippen LogP contribution is 2.29. The van der Waals surface area contributed by atoms with Crippen molar-refractivity contribution in [3.8, 4) is 17.5 Å². The maximum Gasteiger partial charge on any atom is 0.415 e. The number of hydrogen-bond donors (Lipinski definition) is 1. The number of hydrogen-bond acceptors (Lipinski definition) is 5. The first-order valence-corrected chi connectivity index (χ1v) is 8.44. The van der Waals surface area contributed by atoms with Crippen LogP contribution in [0.2, 0.25) is 0 Å². The molecule has 0 aliphatic heterocycles. The van der Waals surface area contributed by atoms with E-state index < -0.39 is 0 Å². The molecule has 3 rings (SSSR count). The number of amides is 1. The van der Waals surface area contributed by atoms with Crippen LogP contribution in [0, 0.1) is 11.8 Å². The quantitative estimate of drug-likeness (QED) is 0.912. The van der Waals surface area contributed by atoms with Crippen LogP contribution in [-0.2, 0) is 4.79 Å². The Morgan fingerprint density at radius 1 is 1.25 bits per heavy atom. The van der Waals surface area contributed by atoms with Gasteiger partial charge in [0.05, 0.1) is 0 Å². The third-order valence-electron chi connectivity index (χ3n) is 4.81. The van der Waals surface area contributed by atoms with E-state index in [0.29, 0.717) is 17.7 Å². The normalized spacial score (nSPS) is 23.7. The summed E-state index contributed by atoms with van der Waals surface area (Å²) in [5, 5.41) is 10.8. The second-order valence-electron chi connectivity index (χ2n) is 6.47. The Kier molecular flexibility index (Phi) is 5.13. The molecule has 1 saturated carbocycles. The third-order valence-corrected chi connectivity index (χ3v) is 4.81. The van der Waals surface area contributed by atoms with Crippen molar-refractivity contribution in [1.82, 2.24) is 15.5 Å². The number of nitrogens with zero attached hydrogens (tertiary/aromatic N) is 2. The van der Waals surface area contributed by atoms with E-state index in [1.165, 1.54) is 6.42 Å². The monoisotopic (exact) mass is 329 g/mol. The van der Waals surface area contributed by atoms with Gasteiger partial charge in [-0.1, -0.05) is 50.0 Å². The SMILES string of the molecule is C[C@@H]1[C@H](C)CCC[C@H]1NC(=O)COc1nnc(-c2ccccc2)o1. The lowest BCUT2D eigenvalue weighted by molar-refractivity contribution is -0.125. The topological polar surface area (TPSA) is 77.2 Å². The predicted octanol–water partition coefficient (Wildman–Crippen LogP) is 3.06. The summed E-state index contributed by atoms with van der Waals surface area (Å²) in [6.07, 6.45) is 3.42. The summed E-state index contributed by atoms with van der Waals surface area (Å²) < 4.78 is 10.7. The van der Waals surface area contributed by atoms with E-state index in [-0.39, 0.29) is 24.6 Å². The first-order valence-electron chi connectivity index (χ1n) is 8.44. The Balaban J connectivity index is 1.51. The van der Waals surface area contributed by atoms with E-state index in [0.717, 1.165) is 18.4 Å². The van der Waals surface area contributed by atoms with E-state index in [4.69, 9.17) is 9.15 Å². The van der Waals surface area contributed by atoms with Gasteiger partial charge < -0.3 is 14.5 Å². The van der Waals surface area contributed by atoms with Gasteiger partial charge in [-0.15, -0.1) is 5.10 Å². The van der Waals surface area contributed by atoms with E-state index in [1.807, 2.05) is 30.3 Å². The predicted molar refractivity (Wildman–Crippen MR) is 89.3 cm³/mol. The van der Waals surface area contributed by atoms with Crippen LogP contribution in [-0.4, -0.2) is 28.8 Å². The smallest absolute Gasteiger partial charge is 0.415 e. The molecule has 0 saturated heterocycles. The van der Waals surface area contributed by atoms with E-state index in [9.17, 15) is 4.79 Å². The van der Waals surface area contributed by atoms with Gasteiger partial charge in [-0.05, 0) is 30.4 Å². The zero-order chi connectivity index (χ0) is 16.9. The standard InChI is InChI=1S/C18H23N3O3/c1-12-7-6-10-15(13(12)2)19-16(22)11-23-18-21-20-17(24-18)14-8-4-3-5-9-14/h3-5,8-9,12-13,15H,6-7,10-11H2,1-2H3,(H,19,22)/t12-,13-,15-/m1/s1. The molecule has 128 valence electrons. The average Bonchev–Trinajstić information content (AvgIpc) is 3.07. The molecule has 1 aromatic carbocycles. The summed E-state index contributed by atoms with van der Waals surface area (Å²) in [7, 11) is 0. The first-order chi connectivity index (χ1) is 11.6. The lowest BCUT2D eigenvalue weighted by Gasteiger charge is -2.34. The summed E-state index contributed by atoms with van der Waals surface area (Å²) in [5.41, 5.74) is 0.814. The van der Waals surface area contributed by atoms with Gasteiger partial charge in [0, 0.05) is 11.6 Å². The highest BCUT2D eigenvalue weighted by Gasteiger charge is 2.28. The first kappa shape index (κ1) is 16.5. The number of carbonyl (C=O) groups excluding carboxylic acids is 1. The van der Waals surface area contributed by atoms with Crippen molar-refractivity contribution in [2.24, 2.45) is 11.8 Å². The fourth-order valence-electron chi connectivity index (χ4n) is 3.13. The zero-order valence-electron chi connectivity index (χ0n) is 14.1. The molecular weight excluding hydrogens is 306 g/mol. The van der Waals surface area contributed by atoms with Crippen molar-refractivity contribution in [3.05, 3.63) is 30.3 Å². The molecule has 0 spiro atoms. The fraction of sp³-hybridized carbons (Fsp3) is 0.500. The largest absolute Gasteiger partial charge is 0.439 e. The summed E-state index contributed by atoms with van der Waals surface area (Å²) in [5.74, 6) is 1.34. The minimum Gasteiger partial charge on any atom is -0.439 e. The second kappa shape index (κ2) is 7.47. The average molecular weight is 329 g/mol. The molecule has 1 fully saturated rings. The fourth-order valence-corrected chi connectivity index (χ4v) is 3.13. The Hall–Kier alpha value is -2.37. The number of nitrogens with one attached hydrogen (secondary N) is 1. The summed E-state index contributed by atoms with van der Waals surface area (Å²) >= 11 is 0. The molecule has 1 amide bonds. The van der Waals surface area contributed by atoms with Crippen LogP contribution in [0.1, 0.15) is 33.1 Å². The summed E-state index contributed by atoms with van der Waals surface area (Å²) in [4.78, 5) is 12.1. The Labute approximate surface area is 141 Å². The van der Waals surface area contributed by atoms with Crippen molar-refractivity contribution < 1.29 is 13.9 Å². The van der Waals surface area contributed by atoms with Gasteiger partial charge >= 0.3 is 6.08 Å². The lowest BCUT2D eigenvalue weighted by Crippen LogP contribution is -2.45. The molecule has 6 nitrogen and oxygen atoms in total. The molecule has 1 aliphatic carbocycles. The van der Waals surface area contributed by atoms with Gasteiger partial charge in [-0.2, -0.15) is 0 Å². The van der Waals surface area contributed by atoms with Crippen LogP contribution in [0.4, 0.5) is 0 Å². The van der Waals surface area contributed by atoms with Crippen molar-refractivity contribution in [1.29, 1.82) is 0 Å². The van der Waals surface area contributed by atoms with E-state index in [2.05, 4.69) is 29.4 Å². The molecule has 0 radical (unpaired) electrons. The maximum atomic E-state index is 12.1. The van der Waals surface area contributed by atoms with Crippen LogP contribution in [0.5, 0.6) is 6.08 Å². The molecule has 0 unspecified atom stereocenters. The highest BCUT2D eigenvalue weighted by atomic mass is 16.6. The molecule has 6 heteroatoms. The number of aromatic nitrogens is 2. The van der Waals surface area contributed by atoms with Crippen LogP contribution in [0.25, 0.3) is 11.5 Å². The maximum absolute atomic E-state index is 12.1. The third kappa shape index (κ3) is 3.93. The van der Waals surface area contributed by atoms with E-state index >= 15 is 0 Å². The van der Waals surface area contributed by atoms with Gasteiger partial charge in [0.25, 0.3) is 11.8 Å². The molecular formula is C18H23N3O3. The number of benzene rings is 1. The lowest BCUT2D eigenvalue weighted by atomic mass is 9.78. The van der Waals surface area contributed by atoms with Gasteiger partial charge in [-0.25, -0.2) is 0 Å². The van der Waals surface area contributed by atoms with Crippen molar-refractivity contribution in [2.75, 3.05) is 6.61 Å². The second-order valence-corrected chi connectivity index (χ2v) is 6.47. The molecule has 3 atom stereocenters. The minimum absolute atomic E-state index is 0.00839. The van der Waals surface area contributed by atoms with Crippen molar-refractivity contribution in [2.45, 2.75) is 39.2 Å². The molecule has 1 heterocycles. The van der Waals surface area contributed by atoms with Crippen LogP contribution < -0.4 is 10.1 Å². The molecule has 0 bridgehead atoms. The Morgan fingerprint density at radius 2 is 2.04 bits per heavy atom. The van der Waals surface area contributed by atoms with E-state index in [1.54, 1.807) is 0 Å². The minimum atomic E-state index is -0.152. The van der Waals surface area contributed by atoms with Crippen LogP contribution in [0.15, 0.2) is 34.7 Å². The van der Waals surface area contributed by atoms with Gasteiger partial charge in [0.2, 0.25) is 0 Å². The van der Waals surface area contributed by atoms with Crippen molar-refractivity contribution >= 4 is 5.91 Å². The van der Waals surface area contributed by atoms with Crippen LogP contribution >= 0.6 is 0 Å². The van der Waals surface area contributed by atoms with Gasteiger partial charge in [0.1, 0.15) is 0 Å². The summed E-state index contributed by atoms with van der Waals surface area (Å²) in [6.45, 7) is 4.32. The van der Waals surface area contributed by atoms with Gasteiger partial charge in [0.15, 0.2) is 6.61 Å². The zero-order valence-corrected chi connectivity index (χ0v) is 14.1. The number of rotatable bonds is 5. The molecule has 1 N–H and O–H groups in total. The molecule has 24 heavy (non-hydrogen) atoms. The highest BCUT2D eigenvalue weighted by molar-refractivity contribution is 5.77.